The van der Waals surface area contributed by atoms with Gasteiger partial charge in [0, 0.05) is 18.9 Å². The minimum Gasteiger partial charge on any atom is -0.479 e. The number of ether oxygens (including phenoxy) is 1. The van der Waals surface area contributed by atoms with Crippen LogP contribution < -0.4 is 5.32 Å². The summed E-state index contributed by atoms with van der Waals surface area (Å²) in [6.07, 6.45) is 0.309. The summed E-state index contributed by atoms with van der Waals surface area (Å²) < 4.78 is 10.7. The Labute approximate surface area is 200 Å². The maximum atomic E-state index is 12.8. The molecular formula is C25H23N3O7. The summed E-state index contributed by atoms with van der Waals surface area (Å²) in [5.41, 5.74) is 2.39. The number of benzene rings is 2. The SMILES string of the molecule is O=C(NCc1ocnc1C(=O)N1CCC(O)(C(=O)O)C1)OCC1c2ccccc2-c2ccccc21. The van der Waals surface area contributed by atoms with Crippen molar-refractivity contribution in [3.05, 3.63) is 77.5 Å². The van der Waals surface area contributed by atoms with Crippen LogP contribution in [0, 0.1) is 0 Å². The first-order chi connectivity index (χ1) is 16.9. The highest BCUT2D eigenvalue weighted by Gasteiger charge is 2.45. The Bertz CT molecular complexity index is 1260. The van der Waals surface area contributed by atoms with Gasteiger partial charge in [-0.15, -0.1) is 0 Å². The fourth-order valence-corrected chi connectivity index (χ4v) is 4.66. The molecule has 3 N–H and O–H groups in total. The van der Waals surface area contributed by atoms with Crippen LogP contribution in [0.4, 0.5) is 4.79 Å². The van der Waals surface area contributed by atoms with Crippen LogP contribution in [-0.4, -0.2) is 63.4 Å². The number of oxazole rings is 1. The summed E-state index contributed by atoms with van der Waals surface area (Å²) in [5.74, 6) is -1.95. The van der Waals surface area contributed by atoms with Crippen molar-refractivity contribution in [3.8, 4) is 11.1 Å². The Morgan fingerprint density at radius 2 is 1.77 bits per heavy atom. The zero-order valence-electron chi connectivity index (χ0n) is 18.6. The molecule has 2 heterocycles. The number of rotatable bonds is 6. The summed E-state index contributed by atoms with van der Waals surface area (Å²) in [4.78, 5) is 41.5. The third kappa shape index (κ3) is 4.12. The molecule has 10 nitrogen and oxygen atoms in total. The molecule has 3 aromatic rings. The number of aromatic nitrogens is 1. The van der Waals surface area contributed by atoms with Crippen molar-refractivity contribution < 1.29 is 33.8 Å². The number of aliphatic hydroxyl groups is 1. The minimum absolute atomic E-state index is 0.0569. The Hall–Kier alpha value is -4.18. The molecule has 1 aromatic heterocycles. The molecule has 1 saturated heterocycles. The van der Waals surface area contributed by atoms with Gasteiger partial charge in [0.15, 0.2) is 23.4 Å². The Morgan fingerprint density at radius 3 is 2.40 bits per heavy atom. The number of carboxylic acids is 1. The van der Waals surface area contributed by atoms with Gasteiger partial charge in [-0.2, -0.15) is 0 Å². The molecule has 1 atom stereocenters. The predicted molar refractivity (Wildman–Crippen MR) is 122 cm³/mol. The van der Waals surface area contributed by atoms with E-state index in [0.29, 0.717) is 0 Å². The van der Waals surface area contributed by atoms with Gasteiger partial charge in [0.1, 0.15) is 6.61 Å². The molecule has 0 radical (unpaired) electrons. The molecule has 2 amide bonds. The lowest BCUT2D eigenvalue weighted by Crippen LogP contribution is -2.42. The van der Waals surface area contributed by atoms with E-state index in [1.54, 1.807) is 0 Å². The number of hydrogen-bond acceptors (Lipinski definition) is 7. The van der Waals surface area contributed by atoms with Gasteiger partial charge < -0.3 is 29.6 Å². The zero-order chi connectivity index (χ0) is 24.6. The number of β-amino-alcohol motifs (C(OH)–C–C–N with tert-alkyl or cyclic N) is 1. The van der Waals surface area contributed by atoms with E-state index in [0.717, 1.165) is 28.6 Å². The van der Waals surface area contributed by atoms with E-state index in [1.807, 2.05) is 48.5 Å². The normalized spacial score (nSPS) is 18.7. The van der Waals surface area contributed by atoms with Gasteiger partial charge in [-0.3, -0.25) is 4.79 Å². The molecule has 1 unspecified atom stereocenters. The Kier molecular flexibility index (Phi) is 5.73. The largest absolute Gasteiger partial charge is 0.479 e. The lowest BCUT2D eigenvalue weighted by Gasteiger charge is -2.18. The molecular weight excluding hydrogens is 454 g/mol. The van der Waals surface area contributed by atoms with Gasteiger partial charge in [0.25, 0.3) is 5.91 Å². The number of nitrogens with one attached hydrogen (secondary N) is 1. The molecule has 0 saturated carbocycles. The number of fused-ring (bicyclic) bond motifs is 3. The second-order valence-corrected chi connectivity index (χ2v) is 8.62. The van der Waals surface area contributed by atoms with Crippen LogP contribution >= 0.6 is 0 Å². The average molecular weight is 477 g/mol. The molecule has 35 heavy (non-hydrogen) atoms. The number of likely N-dealkylation sites (tertiary alicyclic amines) is 1. The number of nitrogens with zero attached hydrogens (tertiary/aromatic N) is 2. The highest BCUT2D eigenvalue weighted by atomic mass is 16.5. The topological polar surface area (TPSA) is 142 Å². The van der Waals surface area contributed by atoms with Crippen molar-refractivity contribution >= 4 is 18.0 Å². The minimum atomic E-state index is -1.99. The second kappa shape index (κ2) is 8.88. The molecule has 5 rings (SSSR count). The molecule has 0 spiro atoms. The Morgan fingerprint density at radius 1 is 1.11 bits per heavy atom. The van der Waals surface area contributed by atoms with Crippen molar-refractivity contribution in [2.24, 2.45) is 0 Å². The van der Waals surface area contributed by atoms with Crippen molar-refractivity contribution in [1.82, 2.24) is 15.2 Å². The number of aliphatic carboxylic acids is 1. The molecule has 0 bridgehead atoms. The maximum Gasteiger partial charge on any atom is 0.407 e. The van der Waals surface area contributed by atoms with E-state index < -0.39 is 23.6 Å². The van der Waals surface area contributed by atoms with Crippen LogP contribution in [0.5, 0.6) is 0 Å². The van der Waals surface area contributed by atoms with Gasteiger partial charge in [-0.05, 0) is 22.3 Å². The summed E-state index contributed by atoms with van der Waals surface area (Å²) in [6, 6.07) is 16.0. The summed E-state index contributed by atoms with van der Waals surface area (Å²) in [5, 5.41) is 21.8. The molecule has 1 aliphatic carbocycles. The molecule has 2 aromatic carbocycles. The molecule has 1 fully saturated rings. The first kappa shape index (κ1) is 22.6. The standard InChI is InChI=1S/C25H23N3O7/c29-22(28-10-9-25(33,13-28)23(30)31)21-20(35-14-27-21)11-26-24(32)34-12-19-17-7-3-1-5-15(17)16-6-2-4-8-18(16)19/h1-8,14,19,33H,9-13H2,(H,26,32)(H,30,31). The van der Waals surface area contributed by atoms with Crippen LogP contribution in [0.1, 0.15) is 39.7 Å². The van der Waals surface area contributed by atoms with E-state index in [1.165, 1.54) is 4.90 Å². The lowest BCUT2D eigenvalue weighted by atomic mass is 9.98. The first-order valence-corrected chi connectivity index (χ1v) is 11.1. The van der Waals surface area contributed by atoms with E-state index in [9.17, 15) is 19.5 Å². The number of carbonyl (C=O) groups is 3. The molecule has 180 valence electrons. The van der Waals surface area contributed by atoms with Crippen LogP contribution in [-0.2, 0) is 16.1 Å². The van der Waals surface area contributed by atoms with Crippen LogP contribution in [0.15, 0.2) is 59.3 Å². The van der Waals surface area contributed by atoms with Gasteiger partial charge in [-0.1, -0.05) is 48.5 Å². The van der Waals surface area contributed by atoms with Crippen molar-refractivity contribution in [2.45, 2.75) is 24.5 Å². The number of hydrogen-bond donors (Lipinski definition) is 3. The highest BCUT2D eigenvalue weighted by molar-refractivity contribution is 5.94. The number of alkyl carbamates (subject to hydrolysis) is 1. The lowest BCUT2D eigenvalue weighted by molar-refractivity contribution is -0.156. The Balaban J connectivity index is 1.20. The number of carbonyl (C=O) groups excluding carboxylic acids is 2. The first-order valence-electron chi connectivity index (χ1n) is 11.1. The third-order valence-corrected chi connectivity index (χ3v) is 6.51. The van der Waals surface area contributed by atoms with Gasteiger partial charge in [-0.25, -0.2) is 14.6 Å². The fraction of sp³-hybridized carbons (Fsp3) is 0.280. The number of amides is 2. The van der Waals surface area contributed by atoms with Gasteiger partial charge in [0.2, 0.25) is 0 Å². The van der Waals surface area contributed by atoms with E-state index in [2.05, 4.69) is 10.3 Å². The molecule has 2 aliphatic rings. The van der Waals surface area contributed by atoms with Crippen molar-refractivity contribution in [3.63, 3.8) is 0 Å². The van der Waals surface area contributed by atoms with Crippen LogP contribution in [0.3, 0.4) is 0 Å². The fourth-order valence-electron chi connectivity index (χ4n) is 4.66. The average Bonchev–Trinajstić information content (AvgIpc) is 3.57. The number of carboxylic acid groups (broad SMARTS) is 1. The monoisotopic (exact) mass is 477 g/mol. The van der Waals surface area contributed by atoms with E-state index in [-0.39, 0.29) is 50.0 Å². The predicted octanol–water partition coefficient (Wildman–Crippen LogP) is 2.37. The summed E-state index contributed by atoms with van der Waals surface area (Å²) >= 11 is 0. The zero-order valence-corrected chi connectivity index (χ0v) is 18.6. The quantitative estimate of drug-likeness (QED) is 0.491. The summed E-state index contributed by atoms with van der Waals surface area (Å²) in [6.45, 7) is -0.292. The van der Waals surface area contributed by atoms with E-state index >= 15 is 0 Å². The second-order valence-electron chi connectivity index (χ2n) is 8.62. The van der Waals surface area contributed by atoms with E-state index in [4.69, 9.17) is 14.3 Å². The van der Waals surface area contributed by atoms with Crippen LogP contribution in [0.2, 0.25) is 0 Å². The van der Waals surface area contributed by atoms with Crippen molar-refractivity contribution in [1.29, 1.82) is 0 Å². The smallest absolute Gasteiger partial charge is 0.407 e. The summed E-state index contributed by atoms with van der Waals surface area (Å²) in [7, 11) is 0. The third-order valence-electron chi connectivity index (χ3n) is 6.51. The highest BCUT2D eigenvalue weighted by Crippen LogP contribution is 2.44. The van der Waals surface area contributed by atoms with Gasteiger partial charge in [0.05, 0.1) is 13.1 Å². The molecule has 1 aliphatic heterocycles. The van der Waals surface area contributed by atoms with Gasteiger partial charge >= 0.3 is 12.1 Å². The maximum absolute atomic E-state index is 12.8. The van der Waals surface area contributed by atoms with Crippen LogP contribution in [0.25, 0.3) is 11.1 Å². The van der Waals surface area contributed by atoms with Crippen molar-refractivity contribution in [2.75, 3.05) is 19.7 Å². The molecule has 10 heteroatoms.